The van der Waals surface area contributed by atoms with Gasteiger partial charge in [0.05, 0.1) is 12.5 Å². The Morgan fingerprint density at radius 2 is 1.60 bits per heavy atom. The number of carbonyl (C=O) groups is 3. The summed E-state index contributed by atoms with van der Waals surface area (Å²) < 4.78 is 10.6. The highest BCUT2D eigenvalue weighted by molar-refractivity contribution is 5.79. The monoisotopic (exact) mass is 480 g/mol. The van der Waals surface area contributed by atoms with Gasteiger partial charge in [-0.25, -0.2) is 4.79 Å². The van der Waals surface area contributed by atoms with Crippen molar-refractivity contribution in [2.45, 2.75) is 37.7 Å². The van der Waals surface area contributed by atoms with Crippen LogP contribution in [0.2, 0.25) is 0 Å². The van der Waals surface area contributed by atoms with Crippen molar-refractivity contribution in [1.29, 1.82) is 0 Å². The average Bonchev–Trinajstić information content (AvgIpc) is 3.15. The third-order valence-electron chi connectivity index (χ3n) is 6.95. The minimum Gasteiger partial charge on any atom is -0.481 e. The van der Waals surface area contributed by atoms with E-state index in [4.69, 9.17) is 14.6 Å². The number of carbonyl (C=O) groups excluding carboxylic acids is 2. The lowest BCUT2D eigenvalue weighted by Crippen LogP contribution is -2.40. The zero-order valence-corrected chi connectivity index (χ0v) is 19.9. The number of benzene rings is 2. The van der Waals surface area contributed by atoms with Gasteiger partial charge in [0.15, 0.2) is 0 Å². The molecule has 8 nitrogen and oxygen atoms in total. The maximum Gasteiger partial charge on any atom is 0.407 e. The van der Waals surface area contributed by atoms with Gasteiger partial charge in [0, 0.05) is 32.5 Å². The highest BCUT2D eigenvalue weighted by atomic mass is 16.5. The van der Waals surface area contributed by atoms with Crippen LogP contribution in [0.4, 0.5) is 4.79 Å². The molecule has 1 atom stereocenters. The largest absolute Gasteiger partial charge is 0.481 e. The topological polar surface area (TPSA) is 114 Å². The van der Waals surface area contributed by atoms with Gasteiger partial charge in [-0.1, -0.05) is 48.5 Å². The van der Waals surface area contributed by atoms with E-state index in [0.717, 1.165) is 12.8 Å². The second-order valence-electron chi connectivity index (χ2n) is 9.37. The van der Waals surface area contributed by atoms with E-state index in [1.54, 1.807) is 0 Å². The van der Waals surface area contributed by atoms with Crippen molar-refractivity contribution >= 4 is 18.0 Å². The van der Waals surface area contributed by atoms with Gasteiger partial charge < -0.3 is 25.2 Å². The van der Waals surface area contributed by atoms with Gasteiger partial charge in [-0.3, -0.25) is 9.59 Å². The number of rotatable bonds is 11. The summed E-state index contributed by atoms with van der Waals surface area (Å²) in [6.45, 7) is 0.998. The van der Waals surface area contributed by atoms with E-state index in [1.807, 2.05) is 24.3 Å². The van der Waals surface area contributed by atoms with Crippen molar-refractivity contribution in [1.82, 2.24) is 10.6 Å². The van der Waals surface area contributed by atoms with Gasteiger partial charge in [0.1, 0.15) is 6.61 Å². The van der Waals surface area contributed by atoms with Crippen LogP contribution in [0.25, 0.3) is 11.1 Å². The van der Waals surface area contributed by atoms with Gasteiger partial charge in [-0.15, -0.1) is 0 Å². The van der Waals surface area contributed by atoms with E-state index >= 15 is 0 Å². The molecule has 2 aromatic carbocycles. The van der Waals surface area contributed by atoms with Crippen LogP contribution in [0, 0.1) is 11.8 Å². The lowest BCUT2D eigenvalue weighted by molar-refractivity contribution is -0.140. The number of carboxylic acids is 1. The molecule has 2 aliphatic rings. The molecular weight excluding hydrogens is 448 g/mol. The number of aliphatic carboxylic acids is 1. The molecule has 0 bridgehead atoms. The van der Waals surface area contributed by atoms with Crippen LogP contribution >= 0.6 is 0 Å². The highest BCUT2D eigenvalue weighted by Crippen LogP contribution is 2.44. The molecule has 2 aliphatic carbocycles. The molecule has 0 saturated heterocycles. The Hall–Kier alpha value is -3.39. The van der Waals surface area contributed by atoms with Crippen molar-refractivity contribution in [3.05, 3.63) is 59.7 Å². The first-order valence-corrected chi connectivity index (χ1v) is 12.0. The Kier molecular flexibility index (Phi) is 8.02. The fourth-order valence-corrected chi connectivity index (χ4v) is 5.08. The lowest BCUT2D eigenvalue weighted by Gasteiger charge is -2.35. The predicted octanol–water partition coefficient (Wildman–Crippen LogP) is 3.55. The first-order chi connectivity index (χ1) is 16.9. The quantitative estimate of drug-likeness (QED) is 0.453. The van der Waals surface area contributed by atoms with Crippen LogP contribution < -0.4 is 10.6 Å². The second-order valence-corrected chi connectivity index (χ2v) is 9.37. The zero-order chi connectivity index (χ0) is 24.8. The van der Waals surface area contributed by atoms with Crippen molar-refractivity contribution in [2.24, 2.45) is 11.8 Å². The van der Waals surface area contributed by atoms with Gasteiger partial charge in [0.2, 0.25) is 5.91 Å². The van der Waals surface area contributed by atoms with Crippen LogP contribution in [0.3, 0.4) is 0 Å². The normalized spacial score (nSPS) is 19.1. The van der Waals surface area contributed by atoms with Crippen LogP contribution in [-0.2, 0) is 19.1 Å². The second kappa shape index (κ2) is 11.4. The SMILES string of the molecule is COC(CNC(=O)CC1CC(CNC(=O)OCC2c3ccccc3-c3ccccc32)C1)CC(=O)O. The minimum atomic E-state index is -0.961. The summed E-state index contributed by atoms with van der Waals surface area (Å²) >= 11 is 0. The van der Waals surface area contributed by atoms with E-state index in [1.165, 1.54) is 29.4 Å². The number of methoxy groups -OCH3 is 1. The molecule has 2 aromatic rings. The molecule has 4 rings (SSSR count). The Labute approximate surface area is 205 Å². The predicted molar refractivity (Wildman–Crippen MR) is 130 cm³/mol. The Balaban J connectivity index is 1.14. The summed E-state index contributed by atoms with van der Waals surface area (Å²) in [6.07, 6.45) is 1.01. The van der Waals surface area contributed by atoms with Crippen LogP contribution in [0.15, 0.2) is 48.5 Å². The molecule has 1 saturated carbocycles. The van der Waals surface area contributed by atoms with Crippen molar-refractivity contribution in [3.63, 3.8) is 0 Å². The minimum absolute atomic E-state index is 0.0351. The fourth-order valence-electron chi connectivity index (χ4n) is 5.08. The highest BCUT2D eigenvalue weighted by Gasteiger charge is 2.32. The molecule has 8 heteroatoms. The van der Waals surface area contributed by atoms with E-state index < -0.39 is 18.2 Å². The average molecular weight is 481 g/mol. The molecule has 2 amide bonds. The van der Waals surface area contributed by atoms with Crippen LogP contribution in [0.5, 0.6) is 0 Å². The number of amides is 2. The summed E-state index contributed by atoms with van der Waals surface area (Å²) in [5.41, 5.74) is 4.75. The van der Waals surface area contributed by atoms with E-state index in [-0.39, 0.29) is 37.3 Å². The van der Waals surface area contributed by atoms with Crippen LogP contribution in [0.1, 0.15) is 42.7 Å². The molecule has 1 fully saturated rings. The number of alkyl carbamates (subject to hydrolysis) is 1. The first kappa shape index (κ1) is 24.7. The number of ether oxygens (including phenoxy) is 2. The van der Waals surface area contributed by atoms with Gasteiger partial charge >= 0.3 is 12.1 Å². The molecule has 0 heterocycles. The molecule has 35 heavy (non-hydrogen) atoms. The molecule has 1 unspecified atom stereocenters. The number of hydrogen-bond donors (Lipinski definition) is 3. The third-order valence-corrected chi connectivity index (χ3v) is 6.95. The Morgan fingerprint density at radius 3 is 2.20 bits per heavy atom. The summed E-state index contributed by atoms with van der Waals surface area (Å²) in [4.78, 5) is 35.2. The molecule has 0 radical (unpaired) electrons. The van der Waals surface area contributed by atoms with E-state index in [9.17, 15) is 14.4 Å². The van der Waals surface area contributed by atoms with Crippen molar-refractivity contribution in [3.8, 4) is 11.1 Å². The maximum absolute atomic E-state index is 12.3. The summed E-state index contributed by atoms with van der Waals surface area (Å²) in [6, 6.07) is 16.5. The molecular formula is C27H32N2O6. The van der Waals surface area contributed by atoms with Crippen molar-refractivity contribution < 1.29 is 29.0 Å². The summed E-state index contributed by atoms with van der Waals surface area (Å²) in [7, 11) is 1.43. The zero-order valence-electron chi connectivity index (χ0n) is 19.9. The van der Waals surface area contributed by atoms with Gasteiger partial charge in [-0.05, 0) is 46.9 Å². The Morgan fingerprint density at radius 1 is 0.971 bits per heavy atom. The number of fused-ring (bicyclic) bond motifs is 3. The van der Waals surface area contributed by atoms with Gasteiger partial charge in [-0.2, -0.15) is 0 Å². The fraction of sp³-hybridized carbons (Fsp3) is 0.444. The summed E-state index contributed by atoms with van der Waals surface area (Å²) in [5.74, 6) is -0.438. The van der Waals surface area contributed by atoms with Crippen LogP contribution in [-0.4, -0.2) is 56.0 Å². The smallest absolute Gasteiger partial charge is 0.407 e. The molecule has 0 aromatic heterocycles. The summed E-state index contributed by atoms with van der Waals surface area (Å²) in [5, 5.41) is 14.4. The van der Waals surface area contributed by atoms with Crippen molar-refractivity contribution in [2.75, 3.05) is 26.8 Å². The Bertz CT molecular complexity index is 1020. The van der Waals surface area contributed by atoms with E-state index in [0.29, 0.717) is 18.9 Å². The lowest BCUT2D eigenvalue weighted by atomic mass is 9.73. The molecule has 3 N–H and O–H groups in total. The molecule has 0 spiro atoms. The molecule has 0 aliphatic heterocycles. The number of nitrogens with one attached hydrogen (secondary N) is 2. The third kappa shape index (κ3) is 6.19. The number of hydrogen-bond acceptors (Lipinski definition) is 5. The van der Waals surface area contributed by atoms with E-state index in [2.05, 4.69) is 34.9 Å². The molecule has 186 valence electrons. The standard InChI is InChI=1S/C27H32N2O6/c1-34-19(13-26(31)32)15-28-25(30)12-17-10-18(11-17)14-29-27(33)35-16-24-22-8-4-2-6-20(22)21-7-3-5-9-23(21)24/h2-9,17-19,24H,10-16H2,1H3,(H,28,30)(H,29,33)(H,31,32). The van der Waals surface area contributed by atoms with Gasteiger partial charge in [0.25, 0.3) is 0 Å². The maximum atomic E-state index is 12.3. The number of carboxylic acid groups (broad SMARTS) is 1. The first-order valence-electron chi connectivity index (χ1n) is 12.0.